The number of hydrogen-bond acceptors (Lipinski definition) is 6. The summed E-state index contributed by atoms with van der Waals surface area (Å²) in [6, 6.07) is 41.3. The van der Waals surface area contributed by atoms with Gasteiger partial charge in [0, 0.05) is 22.7 Å². The van der Waals surface area contributed by atoms with E-state index in [2.05, 4.69) is 21.3 Å². The number of hydrogen-bond donors (Lipinski definition) is 4. The van der Waals surface area contributed by atoms with Crippen LogP contribution in [0, 0.1) is 0 Å². The first kappa shape index (κ1) is 34.0. The van der Waals surface area contributed by atoms with Crippen LogP contribution >= 0.6 is 0 Å². The number of carbonyl (C=O) groups excluding carboxylic acids is 4. The number of rotatable bonds is 10. The third-order valence-corrected chi connectivity index (χ3v) is 9.54. The fourth-order valence-electron chi connectivity index (χ4n) is 5.35. The molecule has 0 aromatic heterocycles. The molecule has 0 atom stereocenters. The minimum atomic E-state index is -4.81. The largest absolute Gasteiger partial charge is 0.322 e. The molecule has 0 bridgehead atoms. The predicted molar refractivity (Wildman–Crippen MR) is 196 cm³/mol. The van der Waals surface area contributed by atoms with Gasteiger partial charge in [0.1, 0.15) is 0 Å². The number of anilines is 4. The predicted octanol–water partition coefficient (Wildman–Crippen LogP) is 7.53. The number of benzene rings is 6. The Morgan fingerprint density at radius 1 is 0.333 bits per heavy atom. The Morgan fingerprint density at radius 2 is 0.608 bits per heavy atom. The van der Waals surface area contributed by atoms with Gasteiger partial charge in [-0.15, -0.1) is 0 Å². The highest BCUT2D eigenvalue weighted by Gasteiger charge is 2.34. The Bertz CT molecular complexity index is 2180. The molecule has 0 unspecified atom stereocenters. The Labute approximate surface area is 294 Å². The molecule has 0 fully saturated rings. The van der Waals surface area contributed by atoms with Crippen LogP contribution < -0.4 is 21.3 Å². The highest BCUT2D eigenvalue weighted by molar-refractivity contribution is 7.91. The Kier molecular flexibility index (Phi) is 10.1. The van der Waals surface area contributed by atoms with Gasteiger partial charge < -0.3 is 21.3 Å². The molecule has 0 aliphatic carbocycles. The maximum Gasteiger partial charge on any atom is 0.257 e. The van der Waals surface area contributed by atoms with Gasteiger partial charge in [-0.05, 0) is 72.8 Å². The second-order valence-corrected chi connectivity index (χ2v) is 13.0. The molecule has 51 heavy (non-hydrogen) atoms. The molecular formula is C40H30N4O6S. The van der Waals surface area contributed by atoms with E-state index in [-0.39, 0.29) is 11.1 Å². The normalized spacial score (nSPS) is 10.8. The average Bonchev–Trinajstić information content (AvgIpc) is 3.15. The summed E-state index contributed by atoms with van der Waals surface area (Å²) < 4.78 is 29.7. The first-order valence-electron chi connectivity index (χ1n) is 15.7. The number of amides is 4. The van der Waals surface area contributed by atoms with Crippen LogP contribution in [-0.4, -0.2) is 32.0 Å². The first-order valence-corrected chi connectivity index (χ1v) is 17.2. The average molecular weight is 695 g/mol. The molecule has 0 heterocycles. The summed E-state index contributed by atoms with van der Waals surface area (Å²) in [4.78, 5) is 54.4. The molecule has 6 aromatic rings. The van der Waals surface area contributed by atoms with Gasteiger partial charge in [-0.25, -0.2) is 8.42 Å². The van der Waals surface area contributed by atoms with Crippen molar-refractivity contribution < 1.29 is 27.6 Å². The van der Waals surface area contributed by atoms with Crippen molar-refractivity contribution in [1.82, 2.24) is 0 Å². The van der Waals surface area contributed by atoms with E-state index < -0.39 is 54.4 Å². The van der Waals surface area contributed by atoms with E-state index in [4.69, 9.17) is 0 Å². The van der Waals surface area contributed by atoms with Crippen molar-refractivity contribution in [2.75, 3.05) is 21.3 Å². The van der Waals surface area contributed by atoms with Crippen molar-refractivity contribution >= 4 is 56.2 Å². The Hall–Kier alpha value is -6.85. The standard InChI is InChI=1S/C40H30N4O6S/c45-37(41-27-15-5-1-6-16-27)31-23-13-25-33(35(31)39(47)43-29-19-9-3-10-20-29)51(49,50)34-26-14-24-32(38(46)42-28-17-7-2-8-18-28)36(34)40(48)44-30-21-11-4-12-22-30/h1-26H,(H,41,45)(H,42,46)(H,43,47)(H,44,48). The molecule has 0 saturated heterocycles. The molecule has 252 valence electrons. The third-order valence-electron chi connectivity index (χ3n) is 7.70. The molecular weight excluding hydrogens is 665 g/mol. The van der Waals surface area contributed by atoms with Gasteiger partial charge in [0.05, 0.1) is 32.0 Å². The van der Waals surface area contributed by atoms with Crippen molar-refractivity contribution in [3.05, 3.63) is 180 Å². The van der Waals surface area contributed by atoms with E-state index in [0.29, 0.717) is 22.7 Å². The fraction of sp³-hybridized carbons (Fsp3) is 0. The molecule has 11 heteroatoms. The Morgan fingerprint density at radius 3 is 0.902 bits per heavy atom. The molecule has 4 amide bonds. The van der Waals surface area contributed by atoms with E-state index in [0.717, 1.165) is 0 Å². The van der Waals surface area contributed by atoms with Gasteiger partial charge >= 0.3 is 0 Å². The van der Waals surface area contributed by atoms with Crippen LogP contribution in [0.15, 0.2) is 168 Å². The van der Waals surface area contributed by atoms with Crippen molar-refractivity contribution in [3.63, 3.8) is 0 Å². The van der Waals surface area contributed by atoms with Crippen LogP contribution in [0.3, 0.4) is 0 Å². The lowest BCUT2D eigenvalue weighted by atomic mass is 10.0. The maximum absolute atomic E-state index is 14.8. The fourth-order valence-corrected chi connectivity index (χ4v) is 7.04. The number of nitrogens with one attached hydrogen (secondary N) is 4. The highest BCUT2D eigenvalue weighted by atomic mass is 32.2. The zero-order valence-electron chi connectivity index (χ0n) is 26.9. The summed E-state index contributed by atoms with van der Waals surface area (Å²) in [5.41, 5.74) is 0.164. The zero-order chi connectivity index (χ0) is 35.8. The van der Waals surface area contributed by atoms with Gasteiger partial charge in [-0.1, -0.05) is 84.9 Å². The van der Waals surface area contributed by atoms with E-state index in [1.807, 2.05) is 0 Å². The second kappa shape index (κ2) is 15.1. The van der Waals surface area contributed by atoms with Gasteiger partial charge in [-0.2, -0.15) is 0 Å². The lowest BCUT2D eigenvalue weighted by Gasteiger charge is -2.18. The van der Waals surface area contributed by atoms with Gasteiger partial charge in [-0.3, -0.25) is 19.2 Å². The minimum Gasteiger partial charge on any atom is -0.322 e. The monoisotopic (exact) mass is 694 g/mol. The van der Waals surface area contributed by atoms with Gasteiger partial charge in [0.25, 0.3) is 23.6 Å². The number of para-hydroxylation sites is 4. The van der Waals surface area contributed by atoms with Gasteiger partial charge in [0.2, 0.25) is 9.84 Å². The van der Waals surface area contributed by atoms with Crippen LogP contribution in [-0.2, 0) is 9.84 Å². The molecule has 6 rings (SSSR count). The molecule has 4 N–H and O–H groups in total. The molecule has 0 radical (unpaired) electrons. The topological polar surface area (TPSA) is 151 Å². The van der Waals surface area contributed by atoms with Crippen LogP contribution in [0.2, 0.25) is 0 Å². The lowest BCUT2D eigenvalue weighted by Crippen LogP contribution is -2.26. The quantitative estimate of drug-likeness (QED) is 0.116. The summed E-state index contributed by atoms with van der Waals surface area (Å²) in [6.45, 7) is 0. The van der Waals surface area contributed by atoms with E-state index in [1.165, 1.54) is 36.4 Å². The lowest BCUT2D eigenvalue weighted by molar-refractivity contribution is 0.0987. The molecule has 0 spiro atoms. The molecule has 0 aliphatic rings. The van der Waals surface area contributed by atoms with Gasteiger partial charge in [0.15, 0.2) is 0 Å². The zero-order valence-corrected chi connectivity index (χ0v) is 27.7. The minimum absolute atomic E-state index is 0.235. The summed E-state index contributed by atoms with van der Waals surface area (Å²) in [7, 11) is -4.81. The van der Waals surface area contributed by atoms with Crippen LogP contribution in [0.5, 0.6) is 0 Å². The number of sulfone groups is 1. The van der Waals surface area contributed by atoms with E-state index >= 15 is 0 Å². The smallest absolute Gasteiger partial charge is 0.257 e. The first-order chi connectivity index (χ1) is 24.7. The third kappa shape index (κ3) is 7.74. The molecule has 0 aliphatic heterocycles. The number of carbonyl (C=O) groups is 4. The van der Waals surface area contributed by atoms with Crippen molar-refractivity contribution in [1.29, 1.82) is 0 Å². The second-order valence-electron chi connectivity index (χ2n) is 11.1. The summed E-state index contributed by atoms with van der Waals surface area (Å²) in [5, 5.41) is 10.8. The van der Waals surface area contributed by atoms with Crippen LogP contribution in [0.4, 0.5) is 22.7 Å². The summed E-state index contributed by atoms with van der Waals surface area (Å²) in [5.74, 6) is -3.25. The SMILES string of the molecule is O=C(Nc1ccccc1)c1cccc(S(=O)(=O)c2cccc(C(=O)Nc3ccccc3)c2C(=O)Nc2ccccc2)c1C(=O)Nc1ccccc1. The van der Waals surface area contributed by atoms with Crippen LogP contribution in [0.1, 0.15) is 41.4 Å². The molecule has 10 nitrogen and oxygen atoms in total. The summed E-state index contributed by atoms with van der Waals surface area (Å²) >= 11 is 0. The van der Waals surface area contributed by atoms with Crippen molar-refractivity contribution in [2.24, 2.45) is 0 Å². The van der Waals surface area contributed by atoms with Crippen molar-refractivity contribution in [2.45, 2.75) is 9.79 Å². The van der Waals surface area contributed by atoms with Crippen molar-refractivity contribution in [3.8, 4) is 0 Å². The van der Waals surface area contributed by atoms with E-state index in [1.54, 1.807) is 121 Å². The summed E-state index contributed by atoms with van der Waals surface area (Å²) in [6.07, 6.45) is 0. The Balaban J connectivity index is 1.51. The molecule has 6 aromatic carbocycles. The van der Waals surface area contributed by atoms with Crippen LogP contribution in [0.25, 0.3) is 0 Å². The molecule has 0 saturated carbocycles. The maximum atomic E-state index is 14.8. The highest BCUT2D eigenvalue weighted by Crippen LogP contribution is 2.32. The van der Waals surface area contributed by atoms with E-state index in [9.17, 15) is 27.6 Å².